The summed E-state index contributed by atoms with van der Waals surface area (Å²) < 4.78 is 1.07. The molecular weight excluding hydrogens is 196 g/mol. The van der Waals surface area contributed by atoms with Crippen LogP contribution in [0.5, 0.6) is 5.75 Å². The number of aliphatic hydroxyl groups is 1. The van der Waals surface area contributed by atoms with Gasteiger partial charge in [-0.3, -0.25) is 0 Å². The van der Waals surface area contributed by atoms with E-state index in [-0.39, 0.29) is 12.5 Å². The van der Waals surface area contributed by atoms with Crippen molar-refractivity contribution < 1.29 is 10.2 Å². The summed E-state index contributed by atoms with van der Waals surface area (Å²) in [5, 5.41) is 21.5. The molecule has 0 aliphatic rings. The van der Waals surface area contributed by atoms with Crippen LogP contribution in [0.3, 0.4) is 0 Å². The largest absolute Gasteiger partial charge is 0.508 e. The molecule has 3 heteroatoms. The molecule has 0 saturated heterocycles. The van der Waals surface area contributed by atoms with Gasteiger partial charge >= 0.3 is 0 Å². The van der Waals surface area contributed by atoms with Crippen molar-refractivity contribution in [3.8, 4) is 5.75 Å². The van der Waals surface area contributed by atoms with Gasteiger partial charge < -0.3 is 10.2 Å². The van der Waals surface area contributed by atoms with Crippen LogP contribution in [0.15, 0.2) is 23.6 Å². The Balaban J connectivity index is 2.58. The van der Waals surface area contributed by atoms with E-state index in [4.69, 9.17) is 5.11 Å². The Hall–Kier alpha value is -1.06. The third kappa shape index (κ3) is 1.49. The van der Waals surface area contributed by atoms with Crippen LogP contribution in [-0.4, -0.2) is 16.8 Å². The van der Waals surface area contributed by atoms with Crippen molar-refractivity contribution in [3.63, 3.8) is 0 Å². The van der Waals surface area contributed by atoms with Crippen LogP contribution >= 0.6 is 11.3 Å². The molecule has 0 fully saturated rings. The van der Waals surface area contributed by atoms with E-state index in [9.17, 15) is 5.11 Å². The van der Waals surface area contributed by atoms with E-state index in [0.29, 0.717) is 5.75 Å². The molecule has 0 aliphatic carbocycles. The molecule has 0 amide bonds. The lowest BCUT2D eigenvalue weighted by molar-refractivity contribution is 0.274. The van der Waals surface area contributed by atoms with Gasteiger partial charge in [0.2, 0.25) is 0 Å². The van der Waals surface area contributed by atoms with Crippen LogP contribution < -0.4 is 0 Å². The van der Waals surface area contributed by atoms with Gasteiger partial charge in [-0.15, -0.1) is 11.3 Å². The first-order valence-corrected chi connectivity index (χ1v) is 5.41. The standard InChI is InChI=1S/C11H12O2S/c1-7(5-12)10-6-14-11-4-8(13)2-3-9(10)11/h2-4,6-7,12-13H,5H2,1H3. The summed E-state index contributed by atoms with van der Waals surface area (Å²) in [6, 6.07) is 5.35. The smallest absolute Gasteiger partial charge is 0.117 e. The Morgan fingerprint density at radius 1 is 1.43 bits per heavy atom. The molecule has 1 unspecified atom stereocenters. The Bertz CT molecular complexity index is 447. The highest BCUT2D eigenvalue weighted by molar-refractivity contribution is 7.17. The molecule has 0 saturated carbocycles. The zero-order chi connectivity index (χ0) is 10.1. The molecule has 2 rings (SSSR count). The predicted octanol–water partition coefficient (Wildman–Crippen LogP) is 2.70. The van der Waals surface area contributed by atoms with E-state index in [1.807, 2.05) is 18.4 Å². The topological polar surface area (TPSA) is 40.5 Å². The van der Waals surface area contributed by atoms with Crippen molar-refractivity contribution in [3.05, 3.63) is 29.1 Å². The summed E-state index contributed by atoms with van der Waals surface area (Å²) in [6.45, 7) is 2.15. The number of benzene rings is 1. The minimum absolute atomic E-state index is 0.159. The summed E-state index contributed by atoms with van der Waals surface area (Å²) in [7, 11) is 0. The second-order valence-electron chi connectivity index (χ2n) is 3.46. The Morgan fingerprint density at radius 2 is 2.21 bits per heavy atom. The van der Waals surface area contributed by atoms with Gasteiger partial charge in [-0.1, -0.05) is 6.92 Å². The maximum atomic E-state index is 9.29. The molecule has 1 atom stereocenters. The molecule has 0 radical (unpaired) electrons. The zero-order valence-electron chi connectivity index (χ0n) is 7.90. The first-order chi connectivity index (χ1) is 6.72. The van der Waals surface area contributed by atoms with Crippen LogP contribution in [0.2, 0.25) is 0 Å². The number of aliphatic hydroxyl groups excluding tert-OH is 1. The SMILES string of the molecule is CC(CO)c1csc2cc(O)ccc12. The van der Waals surface area contributed by atoms with Crippen molar-refractivity contribution in [1.29, 1.82) is 0 Å². The molecule has 74 valence electrons. The predicted molar refractivity (Wildman–Crippen MR) is 59.0 cm³/mol. The molecule has 0 spiro atoms. The summed E-state index contributed by atoms with van der Waals surface area (Å²) in [5.41, 5.74) is 1.16. The average molecular weight is 208 g/mol. The number of thiophene rings is 1. The third-order valence-corrected chi connectivity index (χ3v) is 3.36. The van der Waals surface area contributed by atoms with E-state index in [1.54, 1.807) is 23.5 Å². The molecule has 1 heterocycles. The lowest BCUT2D eigenvalue weighted by atomic mass is 10.0. The van der Waals surface area contributed by atoms with Gasteiger partial charge in [-0.25, -0.2) is 0 Å². The molecule has 1 aromatic heterocycles. The third-order valence-electron chi connectivity index (χ3n) is 2.39. The highest BCUT2D eigenvalue weighted by Crippen LogP contribution is 2.33. The van der Waals surface area contributed by atoms with Crippen LogP contribution in [0.1, 0.15) is 18.4 Å². The molecule has 1 aromatic carbocycles. The second-order valence-corrected chi connectivity index (χ2v) is 4.37. The number of phenolic OH excluding ortho intramolecular Hbond substituents is 1. The minimum atomic E-state index is 0.159. The maximum Gasteiger partial charge on any atom is 0.117 e. The maximum absolute atomic E-state index is 9.29. The Kier molecular flexibility index (Phi) is 2.44. The first-order valence-electron chi connectivity index (χ1n) is 4.53. The fourth-order valence-electron chi connectivity index (χ4n) is 1.52. The summed E-state index contributed by atoms with van der Waals surface area (Å²) in [4.78, 5) is 0. The monoisotopic (exact) mass is 208 g/mol. The van der Waals surface area contributed by atoms with Crippen LogP contribution in [-0.2, 0) is 0 Å². The number of aromatic hydroxyl groups is 1. The highest BCUT2D eigenvalue weighted by Gasteiger charge is 2.10. The minimum Gasteiger partial charge on any atom is -0.508 e. The summed E-state index contributed by atoms with van der Waals surface area (Å²) in [6.07, 6.45) is 0. The lowest BCUT2D eigenvalue weighted by Crippen LogP contribution is -1.96. The number of hydrogen-bond donors (Lipinski definition) is 2. The van der Waals surface area contributed by atoms with Gasteiger partial charge in [0.25, 0.3) is 0 Å². The lowest BCUT2D eigenvalue weighted by Gasteiger charge is -2.05. The van der Waals surface area contributed by atoms with Crippen molar-refractivity contribution >= 4 is 21.4 Å². The average Bonchev–Trinajstić information content (AvgIpc) is 2.59. The van der Waals surface area contributed by atoms with Gasteiger partial charge in [0.1, 0.15) is 5.75 Å². The Morgan fingerprint density at radius 3 is 2.93 bits per heavy atom. The van der Waals surface area contributed by atoms with E-state index < -0.39 is 0 Å². The van der Waals surface area contributed by atoms with Gasteiger partial charge in [0, 0.05) is 17.2 Å². The normalized spacial score (nSPS) is 13.3. The van der Waals surface area contributed by atoms with Crippen LogP contribution in [0, 0.1) is 0 Å². The summed E-state index contributed by atoms with van der Waals surface area (Å²) >= 11 is 1.60. The quantitative estimate of drug-likeness (QED) is 0.796. The molecule has 2 aromatic rings. The van der Waals surface area contributed by atoms with Gasteiger partial charge in [-0.05, 0) is 34.5 Å². The van der Waals surface area contributed by atoms with Gasteiger partial charge in [0.15, 0.2) is 0 Å². The number of rotatable bonds is 2. The number of fused-ring (bicyclic) bond motifs is 1. The van der Waals surface area contributed by atoms with E-state index in [2.05, 4.69) is 0 Å². The van der Waals surface area contributed by atoms with Crippen molar-refractivity contribution in [2.24, 2.45) is 0 Å². The molecule has 2 N–H and O–H groups in total. The van der Waals surface area contributed by atoms with Crippen molar-refractivity contribution in [2.75, 3.05) is 6.61 Å². The van der Waals surface area contributed by atoms with E-state index in [0.717, 1.165) is 15.6 Å². The molecule has 14 heavy (non-hydrogen) atoms. The van der Waals surface area contributed by atoms with Crippen LogP contribution in [0.25, 0.3) is 10.1 Å². The molecule has 2 nitrogen and oxygen atoms in total. The molecule has 0 bridgehead atoms. The zero-order valence-corrected chi connectivity index (χ0v) is 8.71. The summed E-state index contributed by atoms with van der Waals surface area (Å²) in [5.74, 6) is 0.454. The molecule has 0 aliphatic heterocycles. The van der Waals surface area contributed by atoms with Crippen molar-refractivity contribution in [1.82, 2.24) is 0 Å². The highest BCUT2D eigenvalue weighted by atomic mass is 32.1. The van der Waals surface area contributed by atoms with Gasteiger partial charge in [0.05, 0.1) is 0 Å². The number of hydrogen-bond acceptors (Lipinski definition) is 3. The van der Waals surface area contributed by atoms with Gasteiger partial charge in [-0.2, -0.15) is 0 Å². The van der Waals surface area contributed by atoms with E-state index >= 15 is 0 Å². The fourth-order valence-corrected chi connectivity index (χ4v) is 2.63. The Labute approximate surface area is 86.4 Å². The first kappa shape index (κ1) is 9.49. The van der Waals surface area contributed by atoms with Crippen LogP contribution in [0.4, 0.5) is 0 Å². The van der Waals surface area contributed by atoms with E-state index in [1.165, 1.54) is 0 Å². The van der Waals surface area contributed by atoms with Crippen molar-refractivity contribution in [2.45, 2.75) is 12.8 Å². The fraction of sp³-hybridized carbons (Fsp3) is 0.273. The number of phenols is 1. The second kappa shape index (κ2) is 3.59. The molecular formula is C11H12O2S.